The van der Waals surface area contributed by atoms with Gasteiger partial charge in [0.05, 0.1) is 18.7 Å². The number of carbonyl (C=O) groups excluding carboxylic acids is 3. The second kappa shape index (κ2) is 11.8. The van der Waals surface area contributed by atoms with E-state index in [2.05, 4.69) is 17.1 Å². The zero-order valence-corrected chi connectivity index (χ0v) is 21.8. The van der Waals surface area contributed by atoms with Crippen molar-refractivity contribution >= 4 is 17.8 Å². The summed E-state index contributed by atoms with van der Waals surface area (Å²) in [6.07, 6.45) is 4.67. The average molecular weight is 452 g/mol. The molecule has 1 fully saturated rings. The van der Waals surface area contributed by atoms with Crippen molar-refractivity contribution in [3.63, 3.8) is 0 Å². The third-order valence-corrected chi connectivity index (χ3v) is 6.48. The number of nitrogens with zero attached hydrogens (tertiary/aromatic N) is 2. The van der Waals surface area contributed by atoms with Crippen LogP contribution in [0.4, 0.5) is 0 Å². The van der Waals surface area contributed by atoms with Crippen LogP contribution in [0.25, 0.3) is 0 Å². The van der Waals surface area contributed by atoms with Gasteiger partial charge in [-0.1, -0.05) is 40.7 Å². The maximum atomic E-state index is 13.6. The molecule has 1 heterocycles. The maximum Gasteiger partial charge on any atom is 0.333 e. The van der Waals surface area contributed by atoms with Crippen molar-refractivity contribution in [3.8, 4) is 0 Å². The molecule has 2 amide bonds. The minimum absolute atomic E-state index is 0.0787. The Balaban J connectivity index is 3.12. The summed E-state index contributed by atoms with van der Waals surface area (Å²) in [5, 5.41) is 3.06. The van der Waals surface area contributed by atoms with Gasteiger partial charge in [-0.25, -0.2) is 4.79 Å². The normalized spacial score (nSPS) is 22.3. The summed E-state index contributed by atoms with van der Waals surface area (Å²) in [7, 11) is 3.72. The first kappa shape index (κ1) is 28.1. The van der Waals surface area contributed by atoms with Crippen molar-refractivity contribution in [3.05, 3.63) is 11.6 Å². The predicted octanol–water partition coefficient (Wildman–Crippen LogP) is 3.38. The molecule has 0 aromatic heterocycles. The standard InChI is InChI=1S/C25H45N3O4/c1-11-32-24(31)17(4)15-20(16(2)3)28(10)23(30)21(25(6,7)8)26-22(29)19-14-12-13-18(5)27(19)9/h15-16,18-21H,11-14H2,1-10H3,(H,26,29)/t18-,19+,20-,21-/m1/s1. The lowest BCUT2D eigenvalue weighted by atomic mass is 9.84. The van der Waals surface area contributed by atoms with Gasteiger partial charge >= 0.3 is 5.97 Å². The van der Waals surface area contributed by atoms with Crippen LogP contribution < -0.4 is 5.32 Å². The summed E-state index contributed by atoms with van der Waals surface area (Å²) in [4.78, 5) is 42.7. The molecule has 0 radical (unpaired) electrons. The third-order valence-electron chi connectivity index (χ3n) is 6.48. The summed E-state index contributed by atoms with van der Waals surface area (Å²) in [6, 6.07) is -0.866. The van der Waals surface area contributed by atoms with Gasteiger partial charge in [-0.15, -0.1) is 0 Å². The molecule has 32 heavy (non-hydrogen) atoms. The van der Waals surface area contributed by atoms with Gasteiger partial charge in [0.25, 0.3) is 0 Å². The van der Waals surface area contributed by atoms with Crippen molar-refractivity contribution in [2.24, 2.45) is 11.3 Å². The van der Waals surface area contributed by atoms with Gasteiger partial charge < -0.3 is 15.0 Å². The van der Waals surface area contributed by atoms with Crippen molar-refractivity contribution in [1.82, 2.24) is 15.1 Å². The fourth-order valence-corrected chi connectivity index (χ4v) is 4.20. The fraction of sp³-hybridized carbons (Fsp3) is 0.800. The molecule has 4 atom stereocenters. The summed E-state index contributed by atoms with van der Waals surface area (Å²) in [6.45, 7) is 15.8. The van der Waals surface area contributed by atoms with Crippen LogP contribution in [-0.2, 0) is 19.1 Å². The molecule has 1 N–H and O–H groups in total. The Morgan fingerprint density at radius 3 is 2.31 bits per heavy atom. The van der Waals surface area contributed by atoms with E-state index in [1.807, 2.05) is 41.7 Å². The van der Waals surface area contributed by atoms with Crippen LogP contribution in [0, 0.1) is 11.3 Å². The topological polar surface area (TPSA) is 79.0 Å². The number of ether oxygens (including phenoxy) is 1. The van der Waals surface area contributed by atoms with Gasteiger partial charge in [-0.05, 0) is 58.4 Å². The summed E-state index contributed by atoms with van der Waals surface area (Å²) >= 11 is 0. The minimum Gasteiger partial charge on any atom is -0.463 e. The Hall–Kier alpha value is -1.89. The number of amides is 2. The van der Waals surface area contributed by atoms with Crippen LogP contribution in [0.5, 0.6) is 0 Å². The lowest BCUT2D eigenvalue weighted by molar-refractivity contribution is -0.142. The largest absolute Gasteiger partial charge is 0.463 e. The molecule has 0 aromatic rings. The van der Waals surface area contributed by atoms with Gasteiger partial charge in [0.1, 0.15) is 6.04 Å². The fourth-order valence-electron chi connectivity index (χ4n) is 4.20. The molecule has 0 saturated carbocycles. The van der Waals surface area contributed by atoms with Crippen molar-refractivity contribution in [2.45, 2.75) is 98.8 Å². The molecule has 0 aromatic carbocycles. The van der Waals surface area contributed by atoms with E-state index in [4.69, 9.17) is 4.74 Å². The van der Waals surface area contributed by atoms with E-state index in [9.17, 15) is 14.4 Å². The van der Waals surface area contributed by atoms with E-state index in [0.717, 1.165) is 19.3 Å². The quantitative estimate of drug-likeness (QED) is 0.452. The molecule has 0 spiro atoms. The molecule has 0 unspecified atom stereocenters. The van der Waals surface area contributed by atoms with Gasteiger partial charge in [-0.2, -0.15) is 0 Å². The molecular formula is C25H45N3O4. The van der Waals surface area contributed by atoms with Crippen LogP contribution in [0.2, 0.25) is 0 Å². The van der Waals surface area contributed by atoms with E-state index in [1.165, 1.54) is 0 Å². The Labute approximate surface area is 194 Å². The van der Waals surface area contributed by atoms with Crippen LogP contribution in [0.1, 0.15) is 74.7 Å². The molecule has 1 rings (SSSR count). The maximum absolute atomic E-state index is 13.6. The number of esters is 1. The number of likely N-dealkylation sites (N-methyl/N-ethyl adjacent to an activating group) is 2. The highest BCUT2D eigenvalue weighted by Crippen LogP contribution is 2.26. The number of carbonyl (C=O) groups is 3. The zero-order chi connectivity index (χ0) is 24.8. The van der Waals surface area contributed by atoms with Gasteiger partial charge in [0, 0.05) is 18.7 Å². The first-order valence-electron chi connectivity index (χ1n) is 11.9. The number of hydrogen-bond acceptors (Lipinski definition) is 5. The van der Waals surface area contributed by atoms with Crippen LogP contribution >= 0.6 is 0 Å². The molecule has 7 nitrogen and oxygen atoms in total. The van der Waals surface area contributed by atoms with E-state index in [1.54, 1.807) is 31.9 Å². The highest BCUT2D eigenvalue weighted by atomic mass is 16.5. The molecule has 0 bridgehead atoms. The van der Waals surface area contributed by atoms with Gasteiger partial charge in [0.2, 0.25) is 11.8 Å². The minimum atomic E-state index is -0.678. The van der Waals surface area contributed by atoms with Crippen molar-refractivity contribution in [2.75, 3.05) is 20.7 Å². The molecule has 184 valence electrons. The highest BCUT2D eigenvalue weighted by Gasteiger charge is 2.39. The van der Waals surface area contributed by atoms with Crippen LogP contribution in [0.3, 0.4) is 0 Å². The lowest BCUT2D eigenvalue weighted by Crippen LogP contribution is -2.60. The van der Waals surface area contributed by atoms with E-state index < -0.39 is 11.5 Å². The molecule has 1 aliphatic heterocycles. The summed E-state index contributed by atoms with van der Waals surface area (Å²) in [5.41, 5.74) is 0.000687. The number of rotatable bonds is 8. The summed E-state index contributed by atoms with van der Waals surface area (Å²) < 4.78 is 5.09. The molecule has 7 heteroatoms. The summed E-state index contributed by atoms with van der Waals surface area (Å²) in [5.74, 6) is -0.562. The van der Waals surface area contributed by atoms with E-state index in [-0.39, 0.29) is 35.8 Å². The van der Waals surface area contributed by atoms with E-state index >= 15 is 0 Å². The van der Waals surface area contributed by atoms with Crippen LogP contribution in [0.15, 0.2) is 11.6 Å². The first-order chi connectivity index (χ1) is 14.7. The number of piperidine rings is 1. The Morgan fingerprint density at radius 2 is 1.81 bits per heavy atom. The highest BCUT2D eigenvalue weighted by molar-refractivity contribution is 5.91. The van der Waals surface area contributed by atoms with Crippen molar-refractivity contribution in [1.29, 1.82) is 0 Å². The molecular weight excluding hydrogens is 406 g/mol. The Kier molecular flexibility index (Phi) is 10.4. The zero-order valence-electron chi connectivity index (χ0n) is 21.8. The number of nitrogens with one attached hydrogen (secondary N) is 1. The Morgan fingerprint density at radius 1 is 1.22 bits per heavy atom. The molecule has 0 aliphatic carbocycles. The van der Waals surface area contributed by atoms with Crippen molar-refractivity contribution < 1.29 is 19.1 Å². The van der Waals surface area contributed by atoms with Crippen LogP contribution in [-0.4, -0.2) is 72.5 Å². The monoisotopic (exact) mass is 451 g/mol. The first-order valence-corrected chi connectivity index (χ1v) is 11.9. The molecule has 1 aliphatic rings. The average Bonchev–Trinajstić information content (AvgIpc) is 2.69. The Bertz CT molecular complexity index is 696. The lowest BCUT2D eigenvalue weighted by Gasteiger charge is -2.40. The molecule has 1 saturated heterocycles. The number of likely N-dealkylation sites (tertiary alicyclic amines) is 1. The SMILES string of the molecule is CCOC(=O)C(C)=C[C@H](C(C)C)N(C)C(=O)[C@@H](NC(=O)[C@@H]1CCC[C@@H](C)N1C)C(C)(C)C. The predicted molar refractivity (Wildman–Crippen MR) is 128 cm³/mol. The number of hydrogen-bond donors (Lipinski definition) is 1. The second-order valence-corrected chi connectivity index (χ2v) is 10.5. The van der Waals surface area contributed by atoms with Gasteiger partial charge in [0.15, 0.2) is 0 Å². The van der Waals surface area contributed by atoms with Gasteiger partial charge in [-0.3, -0.25) is 14.5 Å². The smallest absolute Gasteiger partial charge is 0.333 e. The van der Waals surface area contributed by atoms with E-state index in [0.29, 0.717) is 18.2 Å². The second-order valence-electron chi connectivity index (χ2n) is 10.5. The third kappa shape index (κ3) is 7.32.